The lowest BCUT2D eigenvalue weighted by molar-refractivity contribution is -0.121. The van der Waals surface area contributed by atoms with E-state index in [1.807, 2.05) is 5.38 Å². The summed E-state index contributed by atoms with van der Waals surface area (Å²) in [6.45, 7) is 3.87. The fraction of sp³-hybridized carbons (Fsp3) is 0.524. The molecule has 4 rings (SSSR count). The van der Waals surface area contributed by atoms with Crippen LogP contribution in [0.2, 0.25) is 0 Å². The summed E-state index contributed by atoms with van der Waals surface area (Å²) in [5, 5.41) is 8.34. The maximum Gasteiger partial charge on any atom is 0.321 e. The van der Waals surface area contributed by atoms with Gasteiger partial charge in [-0.3, -0.25) is 15.0 Å². The van der Waals surface area contributed by atoms with E-state index in [0.717, 1.165) is 61.5 Å². The summed E-state index contributed by atoms with van der Waals surface area (Å²) in [6, 6.07) is 1.65. The molecule has 9 heteroatoms. The largest absolute Gasteiger partial charge is 0.353 e. The average Bonchev–Trinajstić information content (AvgIpc) is 3.24. The molecule has 0 radical (unpaired) electrons. The van der Waals surface area contributed by atoms with Crippen molar-refractivity contribution >= 4 is 39.3 Å². The van der Waals surface area contributed by atoms with E-state index >= 15 is 0 Å². The zero-order chi connectivity index (χ0) is 20.8. The summed E-state index contributed by atoms with van der Waals surface area (Å²) < 4.78 is 0. The number of allylic oxidation sites excluding steroid dienone is 1. The van der Waals surface area contributed by atoms with Crippen LogP contribution >= 0.6 is 11.3 Å². The molecule has 3 heterocycles. The highest BCUT2D eigenvalue weighted by Crippen LogP contribution is 2.27. The predicted octanol–water partition coefficient (Wildman–Crippen LogP) is 2.53. The van der Waals surface area contributed by atoms with Crippen molar-refractivity contribution in [2.75, 3.05) is 44.2 Å². The first kappa shape index (κ1) is 20.7. The van der Waals surface area contributed by atoms with Gasteiger partial charge in [0.25, 0.3) is 0 Å². The maximum absolute atomic E-state index is 12.2. The van der Waals surface area contributed by atoms with Gasteiger partial charge in [-0.25, -0.2) is 14.8 Å². The number of fused-ring (bicyclic) bond motifs is 1. The second kappa shape index (κ2) is 9.99. The van der Waals surface area contributed by atoms with Crippen LogP contribution in [0.15, 0.2) is 29.4 Å². The number of nitrogens with zero attached hydrogens (tertiary/aromatic N) is 4. The lowest BCUT2D eigenvalue weighted by Gasteiger charge is -2.35. The highest BCUT2D eigenvalue weighted by molar-refractivity contribution is 7.16. The van der Waals surface area contributed by atoms with Gasteiger partial charge < -0.3 is 10.2 Å². The summed E-state index contributed by atoms with van der Waals surface area (Å²) in [6.07, 6.45) is 9.51. The van der Waals surface area contributed by atoms with Gasteiger partial charge in [-0.05, 0) is 43.6 Å². The first-order valence-electron chi connectivity index (χ1n) is 10.6. The Hall–Kier alpha value is -2.52. The number of hydrogen-bond acceptors (Lipinski definition) is 7. The fourth-order valence-electron chi connectivity index (χ4n) is 4.03. The summed E-state index contributed by atoms with van der Waals surface area (Å²) in [4.78, 5) is 38.2. The molecule has 0 spiro atoms. The summed E-state index contributed by atoms with van der Waals surface area (Å²) in [5.41, 5.74) is 1.41. The molecule has 0 aromatic carbocycles. The normalized spacial score (nSPS) is 17.6. The van der Waals surface area contributed by atoms with Crippen LogP contribution in [0.4, 0.5) is 10.6 Å². The number of aromatic nitrogens is 2. The van der Waals surface area contributed by atoms with Crippen molar-refractivity contribution in [3.63, 3.8) is 0 Å². The fourth-order valence-corrected chi connectivity index (χ4v) is 4.76. The number of imide groups is 1. The Morgan fingerprint density at radius 1 is 1.13 bits per heavy atom. The third-order valence-corrected chi connectivity index (χ3v) is 6.47. The Kier molecular flexibility index (Phi) is 6.91. The minimum Gasteiger partial charge on any atom is -0.353 e. The van der Waals surface area contributed by atoms with E-state index in [-0.39, 0.29) is 12.5 Å². The number of urea groups is 1. The van der Waals surface area contributed by atoms with E-state index in [2.05, 4.69) is 42.5 Å². The number of carbonyl (C=O) groups is 2. The molecule has 30 heavy (non-hydrogen) atoms. The number of hydrogen-bond donors (Lipinski definition) is 2. The minimum atomic E-state index is -0.407. The second-order valence-corrected chi connectivity index (χ2v) is 8.66. The van der Waals surface area contributed by atoms with Gasteiger partial charge in [-0.1, -0.05) is 11.6 Å². The van der Waals surface area contributed by atoms with E-state index in [0.29, 0.717) is 6.54 Å². The number of carbonyl (C=O) groups excluding carboxylic acids is 2. The highest BCUT2D eigenvalue weighted by atomic mass is 32.1. The van der Waals surface area contributed by atoms with Crippen molar-refractivity contribution < 1.29 is 9.59 Å². The van der Waals surface area contributed by atoms with Crippen LogP contribution in [0.25, 0.3) is 10.2 Å². The lowest BCUT2D eigenvalue weighted by atomic mass is 9.97. The number of nitrogens with one attached hydrogen (secondary N) is 2. The maximum atomic E-state index is 12.2. The van der Waals surface area contributed by atoms with E-state index in [1.54, 1.807) is 17.7 Å². The van der Waals surface area contributed by atoms with Crippen molar-refractivity contribution in [3.8, 4) is 0 Å². The molecule has 0 atom stereocenters. The molecule has 2 aromatic heterocycles. The molecule has 2 N–H and O–H groups in total. The molecule has 0 saturated carbocycles. The number of piperazine rings is 1. The van der Waals surface area contributed by atoms with Crippen LogP contribution in [0.3, 0.4) is 0 Å². The van der Waals surface area contributed by atoms with Crippen LogP contribution in [0, 0.1) is 0 Å². The minimum absolute atomic E-state index is 0.226. The van der Waals surface area contributed by atoms with Crippen molar-refractivity contribution in [1.29, 1.82) is 0 Å². The quantitative estimate of drug-likeness (QED) is 0.687. The molecular weight excluding hydrogens is 400 g/mol. The number of anilines is 1. The molecule has 0 unspecified atom stereocenters. The van der Waals surface area contributed by atoms with Gasteiger partial charge in [0.05, 0.1) is 11.9 Å². The van der Waals surface area contributed by atoms with Crippen molar-refractivity contribution in [1.82, 2.24) is 25.5 Å². The molecule has 1 aliphatic carbocycles. The Morgan fingerprint density at radius 3 is 2.80 bits per heavy atom. The monoisotopic (exact) mass is 428 g/mol. The van der Waals surface area contributed by atoms with E-state index in [9.17, 15) is 9.59 Å². The molecular formula is C21H28N6O2S. The third kappa shape index (κ3) is 5.34. The lowest BCUT2D eigenvalue weighted by Crippen LogP contribution is -2.51. The molecule has 1 aliphatic heterocycles. The zero-order valence-corrected chi connectivity index (χ0v) is 17.9. The molecule has 1 fully saturated rings. The highest BCUT2D eigenvalue weighted by Gasteiger charge is 2.22. The summed E-state index contributed by atoms with van der Waals surface area (Å²) >= 11 is 1.61. The Bertz CT molecular complexity index is 919. The first-order valence-corrected chi connectivity index (χ1v) is 11.5. The molecule has 8 nitrogen and oxygen atoms in total. The van der Waals surface area contributed by atoms with Gasteiger partial charge in [-0.15, -0.1) is 11.3 Å². The Labute approximate surface area is 180 Å². The van der Waals surface area contributed by atoms with E-state index < -0.39 is 6.03 Å². The molecule has 1 saturated heterocycles. The number of rotatable bonds is 6. The summed E-state index contributed by atoms with van der Waals surface area (Å²) in [5.74, 6) is 0.693. The standard InChI is InChI=1S/C21H28N6O2S/c28-18(25-21(29)22-8-6-16-4-2-1-3-5-16)14-26-9-11-27(12-10-26)19-17-7-13-30-20(17)24-15-23-19/h4,7,13,15H,1-3,5-6,8-12,14H2,(H2,22,25,28,29). The molecule has 2 aromatic rings. The van der Waals surface area contributed by atoms with Crippen molar-refractivity contribution in [2.45, 2.75) is 32.1 Å². The zero-order valence-electron chi connectivity index (χ0n) is 17.1. The SMILES string of the molecule is O=C(CN1CCN(c2ncnc3sccc23)CC1)NC(=O)NCCC1=CCCCC1. The van der Waals surface area contributed by atoms with Crippen LogP contribution in [0.1, 0.15) is 32.1 Å². The summed E-state index contributed by atoms with van der Waals surface area (Å²) in [7, 11) is 0. The molecule has 0 bridgehead atoms. The van der Waals surface area contributed by atoms with Gasteiger partial charge >= 0.3 is 6.03 Å². The molecule has 2 aliphatic rings. The van der Waals surface area contributed by atoms with E-state index in [1.165, 1.54) is 18.4 Å². The van der Waals surface area contributed by atoms with Gasteiger partial charge in [-0.2, -0.15) is 0 Å². The van der Waals surface area contributed by atoms with Crippen LogP contribution in [-0.2, 0) is 4.79 Å². The van der Waals surface area contributed by atoms with Crippen LogP contribution in [-0.4, -0.2) is 66.1 Å². The van der Waals surface area contributed by atoms with Gasteiger partial charge in [0.15, 0.2) is 0 Å². The first-order chi connectivity index (χ1) is 14.7. The number of thiophene rings is 1. The van der Waals surface area contributed by atoms with Gasteiger partial charge in [0.1, 0.15) is 17.0 Å². The van der Waals surface area contributed by atoms with Crippen molar-refractivity contribution in [2.24, 2.45) is 0 Å². The predicted molar refractivity (Wildman–Crippen MR) is 119 cm³/mol. The topological polar surface area (TPSA) is 90.5 Å². The second-order valence-electron chi connectivity index (χ2n) is 7.76. The van der Waals surface area contributed by atoms with E-state index in [4.69, 9.17) is 0 Å². The molecule has 160 valence electrons. The van der Waals surface area contributed by atoms with Crippen LogP contribution < -0.4 is 15.5 Å². The van der Waals surface area contributed by atoms with Crippen LogP contribution in [0.5, 0.6) is 0 Å². The van der Waals surface area contributed by atoms with Gasteiger partial charge in [0.2, 0.25) is 5.91 Å². The third-order valence-electron chi connectivity index (χ3n) is 5.65. The smallest absolute Gasteiger partial charge is 0.321 e. The van der Waals surface area contributed by atoms with Gasteiger partial charge in [0, 0.05) is 32.7 Å². The Morgan fingerprint density at radius 2 is 2.00 bits per heavy atom. The Balaban J connectivity index is 1.17. The van der Waals surface area contributed by atoms with Crippen molar-refractivity contribution in [3.05, 3.63) is 29.4 Å². The number of amides is 3. The molecule has 3 amide bonds. The average molecular weight is 429 g/mol.